The molecule has 0 unspecified atom stereocenters. The highest BCUT2D eigenvalue weighted by atomic mass is 32.2. The molecule has 7 heteroatoms. The van der Waals surface area contributed by atoms with Crippen molar-refractivity contribution in [2.75, 3.05) is 7.11 Å². The van der Waals surface area contributed by atoms with Gasteiger partial charge in [0.25, 0.3) is 0 Å². The number of hydrogen-bond acceptors (Lipinski definition) is 6. The molecule has 0 saturated carbocycles. The first-order chi connectivity index (χ1) is 12.7. The van der Waals surface area contributed by atoms with Crippen LogP contribution in [0, 0.1) is 0 Å². The van der Waals surface area contributed by atoms with Crippen LogP contribution < -0.4 is 4.74 Å². The third-order valence-electron chi connectivity index (χ3n) is 3.94. The summed E-state index contributed by atoms with van der Waals surface area (Å²) >= 11 is 1.47. The Balaban J connectivity index is 1.78. The number of hydrogen-bond donors (Lipinski definition) is 0. The van der Waals surface area contributed by atoms with Gasteiger partial charge in [0.2, 0.25) is 5.91 Å². The molecule has 1 aliphatic rings. The molecule has 0 bridgehead atoms. The zero-order chi connectivity index (χ0) is 18.4. The number of ether oxygens (including phenoxy) is 1. The number of carbonyl (C=O) groups is 1. The molecule has 6 nitrogen and oxygen atoms in total. The van der Waals surface area contributed by atoms with Crippen molar-refractivity contribution in [1.29, 1.82) is 0 Å². The van der Waals surface area contributed by atoms with Crippen LogP contribution >= 0.6 is 11.8 Å². The second kappa shape index (κ2) is 8.71. The Morgan fingerprint density at radius 3 is 2.77 bits per heavy atom. The summed E-state index contributed by atoms with van der Waals surface area (Å²) in [5, 5.41) is 8.86. The van der Waals surface area contributed by atoms with E-state index in [1.165, 1.54) is 18.0 Å². The number of amidine groups is 1. The maximum absolute atomic E-state index is 12.8. The Morgan fingerprint density at radius 1 is 1.31 bits per heavy atom. The van der Waals surface area contributed by atoms with Crippen LogP contribution in [0.3, 0.4) is 0 Å². The predicted octanol–water partition coefficient (Wildman–Crippen LogP) is 3.92. The van der Waals surface area contributed by atoms with Gasteiger partial charge in [-0.25, -0.2) is 0 Å². The minimum atomic E-state index is -0.101. The Bertz CT molecular complexity index is 785. The van der Waals surface area contributed by atoms with Gasteiger partial charge in [-0.15, -0.1) is 5.10 Å². The molecule has 1 aromatic heterocycles. The lowest BCUT2D eigenvalue weighted by molar-refractivity contribution is -0.126. The Labute approximate surface area is 156 Å². The fourth-order valence-electron chi connectivity index (χ4n) is 2.59. The molecule has 26 heavy (non-hydrogen) atoms. The summed E-state index contributed by atoms with van der Waals surface area (Å²) in [7, 11) is 1.63. The van der Waals surface area contributed by atoms with Gasteiger partial charge in [0.05, 0.1) is 31.4 Å². The van der Waals surface area contributed by atoms with Gasteiger partial charge < -0.3 is 9.15 Å². The van der Waals surface area contributed by atoms with Crippen molar-refractivity contribution in [2.45, 2.75) is 31.6 Å². The molecule has 1 aliphatic heterocycles. The Hall–Kier alpha value is -2.54. The Morgan fingerprint density at radius 2 is 2.12 bits per heavy atom. The van der Waals surface area contributed by atoms with Gasteiger partial charge in [-0.05, 0) is 36.2 Å². The second-order valence-corrected chi connectivity index (χ2v) is 6.98. The summed E-state index contributed by atoms with van der Waals surface area (Å²) in [4.78, 5) is 14.5. The smallest absolute Gasteiger partial charge is 0.242 e. The van der Waals surface area contributed by atoms with Crippen LogP contribution in [0.15, 0.2) is 57.3 Å². The van der Waals surface area contributed by atoms with E-state index >= 15 is 0 Å². The van der Waals surface area contributed by atoms with Crippen LogP contribution in [0.5, 0.6) is 5.75 Å². The summed E-state index contributed by atoms with van der Waals surface area (Å²) in [5.41, 5.74) is 1.01. The van der Waals surface area contributed by atoms with Crippen molar-refractivity contribution in [1.82, 2.24) is 4.90 Å². The summed E-state index contributed by atoms with van der Waals surface area (Å²) in [6, 6.07) is 11.3. The van der Waals surface area contributed by atoms with Crippen molar-refractivity contribution in [3.05, 3.63) is 54.0 Å². The predicted molar refractivity (Wildman–Crippen MR) is 104 cm³/mol. The second-order valence-electron chi connectivity index (χ2n) is 5.81. The number of rotatable bonds is 7. The highest BCUT2D eigenvalue weighted by molar-refractivity contribution is 8.15. The van der Waals surface area contributed by atoms with Gasteiger partial charge in [0.15, 0.2) is 5.17 Å². The third kappa shape index (κ3) is 4.35. The number of thioether (sulfide) groups is 1. The summed E-state index contributed by atoms with van der Waals surface area (Å²) in [5.74, 6) is 1.49. The molecular formula is C19H21N3O3S. The quantitative estimate of drug-likeness (QED) is 0.546. The van der Waals surface area contributed by atoms with Gasteiger partial charge >= 0.3 is 0 Å². The fraction of sp³-hybridized carbons (Fsp3) is 0.316. The van der Waals surface area contributed by atoms with Gasteiger partial charge in [0.1, 0.15) is 11.5 Å². The molecule has 1 aromatic carbocycles. The lowest BCUT2D eigenvalue weighted by atomic mass is 10.2. The molecule has 0 aliphatic carbocycles. The van der Waals surface area contributed by atoms with Gasteiger partial charge in [-0.3, -0.25) is 9.69 Å². The Kier molecular flexibility index (Phi) is 6.12. The molecule has 0 N–H and O–H groups in total. The van der Waals surface area contributed by atoms with Crippen molar-refractivity contribution in [3.8, 4) is 5.75 Å². The maximum atomic E-state index is 12.8. The number of carbonyl (C=O) groups excluding carboxylic acids is 1. The summed E-state index contributed by atoms with van der Waals surface area (Å²) < 4.78 is 10.4. The number of furan rings is 1. The molecule has 1 amide bonds. The normalized spacial score (nSPS) is 19.0. The number of amides is 1. The van der Waals surface area contributed by atoms with E-state index in [1.807, 2.05) is 24.3 Å². The van der Waals surface area contributed by atoms with Gasteiger partial charge in [-0.1, -0.05) is 37.2 Å². The van der Waals surface area contributed by atoms with E-state index in [4.69, 9.17) is 9.15 Å². The average molecular weight is 371 g/mol. The van der Waals surface area contributed by atoms with E-state index in [2.05, 4.69) is 17.1 Å². The molecule has 1 atom stereocenters. The van der Waals surface area contributed by atoms with Crippen molar-refractivity contribution >= 4 is 29.1 Å². The van der Waals surface area contributed by atoms with Crippen molar-refractivity contribution < 1.29 is 13.9 Å². The minimum Gasteiger partial charge on any atom is -0.497 e. The van der Waals surface area contributed by atoms with Crippen LogP contribution in [0.25, 0.3) is 0 Å². The standard InChI is InChI=1S/C19H21N3O3S/c1-3-5-17-18(23)22(13-14-7-9-15(24-2)10-8-14)19(26-17)21-20-12-16-6-4-11-25-16/h4,6-12,17H,3,5,13H2,1-2H3/b20-12-,21-19+/t17-/m1/s1. The molecular weight excluding hydrogens is 350 g/mol. The van der Waals surface area contributed by atoms with Crippen LogP contribution in [-0.4, -0.2) is 34.5 Å². The molecule has 1 fully saturated rings. The zero-order valence-electron chi connectivity index (χ0n) is 14.8. The molecule has 0 radical (unpaired) electrons. The van der Waals surface area contributed by atoms with E-state index in [1.54, 1.807) is 30.4 Å². The first-order valence-electron chi connectivity index (χ1n) is 8.46. The molecule has 136 valence electrons. The van der Waals surface area contributed by atoms with Crippen molar-refractivity contribution in [2.24, 2.45) is 10.2 Å². The first-order valence-corrected chi connectivity index (χ1v) is 9.34. The molecule has 2 aromatic rings. The van der Waals surface area contributed by atoms with E-state index in [9.17, 15) is 4.79 Å². The van der Waals surface area contributed by atoms with Crippen LogP contribution in [0.1, 0.15) is 31.1 Å². The highest BCUT2D eigenvalue weighted by Crippen LogP contribution is 2.31. The van der Waals surface area contributed by atoms with Crippen LogP contribution in [0.2, 0.25) is 0 Å². The molecule has 2 heterocycles. The van der Waals surface area contributed by atoms with E-state index in [0.717, 1.165) is 24.2 Å². The van der Waals surface area contributed by atoms with Gasteiger partial charge in [-0.2, -0.15) is 5.10 Å². The molecule has 3 rings (SSSR count). The van der Waals surface area contributed by atoms with E-state index in [0.29, 0.717) is 17.5 Å². The summed E-state index contributed by atoms with van der Waals surface area (Å²) in [6.45, 7) is 2.54. The number of benzene rings is 1. The summed E-state index contributed by atoms with van der Waals surface area (Å²) in [6.07, 6.45) is 4.89. The monoisotopic (exact) mass is 371 g/mol. The number of methoxy groups -OCH3 is 1. The topological polar surface area (TPSA) is 67.4 Å². The average Bonchev–Trinajstić information content (AvgIpc) is 3.27. The SMILES string of the molecule is CCC[C@H]1S/C(=N/N=C\c2ccco2)N(Cc2ccc(OC)cc2)C1=O. The van der Waals surface area contributed by atoms with Crippen LogP contribution in [0.4, 0.5) is 0 Å². The largest absolute Gasteiger partial charge is 0.497 e. The maximum Gasteiger partial charge on any atom is 0.242 e. The number of nitrogens with zero attached hydrogens (tertiary/aromatic N) is 3. The zero-order valence-corrected chi connectivity index (χ0v) is 15.6. The lowest BCUT2D eigenvalue weighted by Crippen LogP contribution is -2.31. The first kappa shape index (κ1) is 18.3. The van der Waals surface area contributed by atoms with Crippen molar-refractivity contribution in [3.63, 3.8) is 0 Å². The lowest BCUT2D eigenvalue weighted by Gasteiger charge is -2.16. The van der Waals surface area contributed by atoms with Gasteiger partial charge in [0, 0.05) is 0 Å². The third-order valence-corrected chi connectivity index (χ3v) is 5.18. The molecule has 0 spiro atoms. The molecule has 1 saturated heterocycles. The van der Waals surface area contributed by atoms with E-state index < -0.39 is 0 Å². The minimum absolute atomic E-state index is 0.0830. The van der Waals surface area contributed by atoms with Crippen LogP contribution in [-0.2, 0) is 11.3 Å². The van der Waals surface area contributed by atoms with E-state index in [-0.39, 0.29) is 11.2 Å². The highest BCUT2D eigenvalue weighted by Gasteiger charge is 2.37. The fourth-order valence-corrected chi connectivity index (χ4v) is 3.80.